The van der Waals surface area contributed by atoms with Crippen LogP contribution < -0.4 is 19.3 Å². The summed E-state index contributed by atoms with van der Waals surface area (Å²) in [6.07, 6.45) is 0. The van der Waals surface area contributed by atoms with Gasteiger partial charge in [-0.1, -0.05) is 72.5 Å². The second kappa shape index (κ2) is 24.7. The van der Waals surface area contributed by atoms with Gasteiger partial charge in [-0.25, -0.2) is 4.98 Å². The SMILES string of the molecule is C.COc1cc(N2CCN(C(=O)CCl)CC2)ccc1Cl.COc1cc(N2CCN(C(=O)Cn3nc(-c4cccc(C#N)n4)c(Cl)c3C)CC2)ccc1Cl.[C-]#[N+]c1cccc(-c2n[nH]c(C)c2Cl)n1. The molecule has 0 spiro atoms. The van der Waals surface area contributed by atoms with Crippen LogP contribution in [0.5, 0.6) is 11.5 Å². The fourth-order valence-electron chi connectivity index (χ4n) is 7.10. The topological polar surface area (TPSA) is 166 Å². The molecule has 6 aromatic rings. The van der Waals surface area contributed by atoms with Gasteiger partial charge in [-0.05, 0) is 62.4 Å². The standard InChI is InChI=1S/C23H22Cl2N6O2.C13H16Cl2N2O2.C10H7ClN4.CH4/c1-15-22(25)23(19-5-3-4-16(13-26)27-19)28-31(15)14-21(32)30-10-8-29(9-11-30)17-6-7-18(24)20(12-17)33-2;1-19-12-8-10(2-3-11(12)15)16-4-6-17(7-5-16)13(18)9-14;1-6-9(11)10(15-14-6)7-4-3-5-8(12-2)13-7;/h3-7,12H,8-11,14H2,1-2H3;2-3,8H,4-7,9H2,1H3;3-5H,1H3,(H,14,15);1H4. The molecule has 0 bridgehead atoms. The number of pyridine rings is 2. The Kier molecular flexibility index (Phi) is 19.1. The second-order valence-electron chi connectivity index (χ2n) is 14.9. The number of halogens is 5. The lowest BCUT2D eigenvalue weighted by molar-refractivity contribution is -0.132. The zero-order valence-electron chi connectivity index (χ0n) is 36.9. The van der Waals surface area contributed by atoms with Gasteiger partial charge < -0.3 is 33.9 Å². The minimum atomic E-state index is -0.0316. The number of carbonyl (C=O) groups excluding carboxylic acids is 2. The quantitative estimate of drug-likeness (QED) is 0.108. The molecule has 21 heteroatoms. The number of piperazine rings is 2. The van der Waals surface area contributed by atoms with Crippen LogP contribution >= 0.6 is 58.0 Å². The molecule has 4 aromatic heterocycles. The highest BCUT2D eigenvalue weighted by atomic mass is 35.5. The number of ether oxygens (including phenoxy) is 2. The Hall–Kier alpha value is -6.27. The first-order valence-electron chi connectivity index (χ1n) is 20.7. The minimum absolute atomic E-state index is 0. The number of hydrogen-bond acceptors (Lipinski definition) is 11. The van der Waals surface area contributed by atoms with E-state index in [1.165, 1.54) is 0 Å². The van der Waals surface area contributed by atoms with Gasteiger partial charge in [0.25, 0.3) is 5.82 Å². The Labute approximate surface area is 420 Å². The van der Waals surface area contributed by atoms with Crippen LogP contribution in [-0.2, 0) is 16.1 Å². The molecule has 2 fully saturated rings. The molecule has 1 N–H and O–H groups in total. The summed E-state index contributed by atoms with van der Waals surface area (Å²) in [6, 6.07) is 23.7. The summed E-state index contributed by atoms with van der Waals surface area (Å²) in [5, 5.41) is 22.5. The Bertz CT molecular complexity index is 2790. The number of nitrogens with one attached hydrogen (secondary N) is 1. The van der Waals surface area contributed by atoms with E-state index in [-0.39, 0.29) is 37.4 Å². The van der Waals surface area contributed by atoms with Gasteiger partial charge in [0.1, 0.15) is 41.4 Å². The van der Waals surface area contributed by atoms with Gasteiger partial charge in [-0.3, -0.25) is 19.4 Å². The van der Waals surface area contributed by atoms with Crippen molar-refractivity contribution >= 4 is 87.0 Å². The number of amides is 2. The highest BCUT2D eigenvalue weighted by Crippen LogP contribution is 2.33. The summed E-state index contributed by atoms with van der Waals surface area (Å²) >= 11 is 30.2. The van der Waals surface area contributed by atoms with Gasteiger partial charge in [0.05, 0.1) is 51.4 Å². The van der Waals surface area contributed by atoms with Crippen molar-refractivity contribution in [2.24, 2.45) is 0 Å². The molecule has 68 heavy (non-hydrogen) atoms. The van der Waals surface area contributed by atoms with Crippen molar-refractivity contribution in [1.29, 1.82) is 5.26 Å². The highest BCUT2D eigenvalue weighted by molar-refractivity contribution is 6.34. The number of nitriles is 1. The van der Waals surface area contributed by atoms with Crippen molar-refractivity contribution in [3.63, 3.8) is 0 Å². The highest BCUT2D eigenvalue weighted by Gasteiger charge is 2.25. The predicted molar refractivity (Wildman–Crippen MR) is 269 cm³/mol. The molecular weight excluding hydrogens is 974 g/mol. The average molecular weight is 1020 g/mol. The maximum absolute atomic E-state index is 13.0. The van der Waals surface area contributed by atoms with Crippen molar-refractivity contribution in [2.45, 2.75) is 27.8 Å². The van der Waals surface area contributed by atoms with Crippen molar-refractivity contribution < 1.29 is 19.1 Å². The minimum Gasteiger partial charge on any atom is -0.495 e. The monoisotopic (exact) mass is 1020 g/mol. The van der Waals surface area contributed by atoms with Crippen LogP contribution in [-0.4, -0.2) is 124 Å². The first-order chi connectivity index (χ1) is 32.3. The van der Waals surface area contributed by atoms with Gasteiger partial charge in [0, 0.05) is 75.9 Å². The number of aromatic nitrogens is 6. The fourth-order valence-corrected chi connectivity index (χ4v) is 8.08. The predicted octanol–water partition coefficient (Wildman–Crippen LogP) is 9.65. The molecule has 356 valence electrons. The van der Waals surface area contributed by atoms with Crippen molar-refractivity contribution in [3.8, 4) is 40.3 Å². The van der Waals surface area contributed by atoms with E-state index in [9.17, 15) is 9.59 Å². The van der Waals surface area contributed by atoms with Crippen LogP contribution in [0.2, 0.25) is 20.1 Å². The number of alkyl halides is 1. The zero-order chi connectivity index (χ0) is 48.2. The molecule has 2 saturated heterocycles. The van der Waals surface area contributed by atoms with Crippen molar-refractivity contribution in [1.82, 2.24) is 39.7 Å². The molecule has 2 amide bonds. The van der Waals surface area contributed by atoms with Crippen LogP contribution in [0, 0.1) is 31.8 Å². The van der Waals surface area contributed by atoms with Crippen LogP contribution in [0.15, 0.2) is 72.8 Å². The fraction of sp³-hybridized carbons (Fsp3) is 0.319. The zero-order valence-corrected chi connectivity index (χ0v) is 40.7. The van der Waals surface area contributed by atoms with Crippen LogP contribution in [0.25, 0.3) is 27.6 Å². The molecule has 0 unspecified atom stereocenters. The molecular formula is C47H49Cl5N12O4. The largest absolute Gasteiger partial charge is 0.495 e. The van der Waals surface area contributed by atoms with E-state index in [1.807, 2.05) is 61.2 Å². The molecule has 2 aliphatic rings. The number of rotatable bonds is 9. The first-order valence-corrected chi connectivity index (χ1v) is 22.8. The lowest BCUT2D eigenvalue weighted by Gasteiger charge is -2.36. The third-order valence-corrected chi connectivity index (χ3v) is 12.6. The number of H-pyrrole nitrogens is 1. The van der Waals surface area contributed by atoms with E-state index >= 15 is 0 Å². The van der Waals surface area contributed by atoms with Gasteiger partial charge in [-0.2, -0.15) is 15.5 Å². The smallest absolute Gasteiger partial charge is 0.270 e. The number of anilines is 2. The number of benzene rings is 2. The van der Waals surface area contributed by atoms with E-state index < -0.39 is 0 Å². The molecule has 0 atom stereocenters. The van der Waals surface area contributed by atoms with Crippen LogP contribution in [0.3, 0.4) is 0 Å². The number of hydrogen-bond donors (Lipinski definition) is 1. The lowest BCUT2D eigenvalue weighted by atomic mass is 10.2. The maximum atomic E-state index is 13.0. The molecule has 0 radical (unpaired) electrons. The molecule has 6 heterocycles. The molecule has 0 aliphatic carbocycles. The molecule has 2 aromatic carbocycles. The Morgan fingerprint density at radius 2 is 1.28 bits per heavy atom. The van der Waals surface area contributed by atoms with Crippen molar-refractivity contribution in [2.75, 3.05) is 82.3 Å². The summed E-state index contributed by atoms with van der Waals surface area (Å²) in [7, 11) is 3.19. The number of carbonyl (C=O) groups is 2. The summed E-state index contributed by atoms with van der Waals surface area (Å²) in [5.41, 5.74) is 5.97. The Balaban J connectivity index is 0.000000209. The summed E-state index contributed by atoms with van der Waals surface area (Å²) in [6.45, 7) is 16.1. The van der Waals surface area contributed by atoms with E-state index in [0.29, 0.717) is 105 Å². The van der Waals surface area contributed by atoms with E-state index in [2.05, 4.69) is 39.9 Å². The van der Waals surface area contributed by atoms with E-state index in [1.54, 1.807) is 60.2 Å². The van der Waals surface area contributed by atoms with Crippen LogP contribution in [0.1, 0.15) is 24.5 Å². The lowest BCUT2D eigenvalue weighted by Crippen LogP contribution is -2.49. The molecule has 8 rings (SSSR count). The normalized spacial score (nSPS) is 13.2. The van der Waals surface area contributed by atoms with Gasteiger partial charge in [0.15, 0.2) is 11.4 Å². The van der Waals surface area contributed by atoms with Crippen molar-refractivity contribution in [3.05, 3.63) is 121 Å². The summed E-state index contributed by atoms with van der Waals surface area (Å²) < 4.78 is 12.1. The van der Waals surface area contributed by atoms with Crippen LogP contribution in [0.4, 0.5) is 17.2 Å². The average Bonchev–Trinajstić information content (AvgIpc) is 3.85. The van der Waals surface area contributed by atoms with E-state index in [0.717, 1.165) is 30.2 Å². The Morgan fingerprint density at radius 1 is 0.750 bits per heavy atom. The van der Waals surface area contributed by atoms with E-state index in [4.69, 9.17) is 79.3 Å². The maximum Gasteiger partial charge on any atom is 0.270 e. The Morgan fingerprint density at radius 3 is 1.76 bits per heavy atom. The number of methoxy groups -OCH3 is 2. The number of aromatic amines is 1. The molecule has 16 nitrogen and oxygen atoms in total. The third kappa shape index (κ3) is 12.8. The molecule has 0 saturated carbocycles. The molecule has 2 aliphatic heterocycles. The number of nitrogens with zero attached hydrogens (tertiary/aromatic N) is 11. The third-order valence-electron chi connectivity index (χ3n) is 10.9. The number of aryl methyl sites for hydroxylation is 1. The first kappa shape index (κ1) is 52.7. The summed E-state index contributed by atoms with van der Waals surface area (Å²) in [5.74, 6) is 1.65. The van der Waals surface area contributed by atoms with Gasteiger partial charge >= 0.3 is 0 Å². The summed E-state index contributed by atoms with van der Waals surface area (Å²) in [4.78, 5) is 44.1. The second-order valence-corrected chi connectivity index (χ2v) is 16.8. The van der Waals surface area contributed by atoms with Gasteiger partial charge in [-0.15, -0.1) is 16.6 Å². The van der Waals surface area contributed by atoms with Gasteiger partial charge in [0.2, 0.25) is 11.8 Å².